The van der Waals surface area contributed by atoms with Crippen molar-refractivity contribution in [1.29, 1.82) is 0 Å². The number of nitrogens with one attached hydrogen (secondary N) is 1. The highest BCUT2D eigenvalue weighted by Crippen LogP contribution is 2.10. The van der Waals surface area contributed by atoms with Gasteiger partial charge in [-0.1, -0.05) is 32.6 Å². The maximum absolute atomic E-state index is 11.6. The summed E-state index contributed by atoms with van der Waals surface area (Å²) in [7, 11) is 0. The molecule has 0 heterocycles. The first-order valence-electron chi connectivity index (χ1n) is 6.82. The highest BCUT2D eigenvalue weighted by atomic mass is 16.6. The molecule has 0 saturated carbocycles. The summed E-state index contributed by atoms with van der Waals surface area (Å²) in [6.07, 6.45) is 6.14. The standard InChI is InChI=1S/C14H27NO3/c1-5-6-7-8-9-12(10-11-16)15-13(17)18-14(2,3)4/h11-12H,5-10H2,1-4H3,(H,15,17). The van der Waals surface area contributed by atoms with Gasteiger partial charge in [-0.2, -0.15) is 0 Å². The van der Waals surface area contributed by atoms with Gasteiger partial charge in [0.15, 0.2) is 0 Å². The van der Waals surface area contributed by atoms with Crippen LogP contribution in [0.3, 0.4) is 0 Å². The zero-order chi connectivity index (χ0) is 14.0. The second-order valence-electron chi connectivity index (χ2n) is 5.59. The molecule has 1 amide bonds. The molecule has 1 unspecified atom stereocenters. The molecule has 1 N–H and O–H groups in total. The minimum absolute atomic E-state index is 0.103. The van der Waals surface area contributed by atoms with Crippen molar-refractivity contribution in [1.82, 2.24) is 5.32 Å². The summed E-state index contributed by atoms with van der Waals surface area (Å²) in [5.41, 5.74) is -0.502. The highest BCUT2D eigenvalue weighted by Gasteiger charge is 2.19. The van der Waals surface area contributed by atoms with Gasteiger partial charge in [-0.15, -0.1) is 0 Å². The highest BCUT2D eigenvalue weighted by molar-refractivity contribution is 5.68. The van der Waals surface area contributed by atoms with Crippen molar-refractivity contribution in [3.8, 4) is 0 Å². The summed E-state index contributed by atoms with van der Waals surface area (Å²) >= 11 is 0. The van der Waals surface area contributed by atoms with Crippen LogP contribution in [0.25, 0.3) is 0 Å². The summed E-state index contributed by atoms with van der Waals surface area (Å²) in [5, 5.41) is 2.76. The van der Waals surface area contributed by atoms with Crippen LogP contribution in [0.4, 0.5) is 4.79 Å². The Hall–Kier alpha value is -1.06. The van der Waals surface area contributed by atoms with Crippen molar-refractivity contribution in [3.63, 3.8) is 0 Å². The zero-order valence-electron chi connectivity index (χ0n) is 12.1. The maximum Gasteiger partial charge on any atom is 0.407 e. The SMILES string of the molecule is CCCCCCC(CC=O)NC(=O)OC(C)(C)C. The molecule has 4 heteroatoms. The first-order chi connectivity index (χ1) is 8.39. The van der Waals surface area contributed by atoms with Gasteiger partial charge >= 0.3 is 6.09 Å². The Labute approximate surface area is 110 Å². The molecule has 0 aromatic heterocycles. The van der Waals surface area contributed by atoms with Crippen LogP contribution in [0.15, 0.2) is 0 Å². The monoisotopic (exact) mass is 257 g/mol. The van der Waals surface area contributed by atoms with Crippen LogP contribution in [0, 0.1) is 0 Å². The van der Waals surface area contributed by atoms with Crippen LogP contribution in [0.5, 0.6) is 0 Å². The molecule has 0 aliphatic rings. The quantitative estimate of drug-likeness (QED) is 0.535. The maximum atomic E-state index is 11.6. The van der Waals surface area contributed by atoms with Gasteiger partial charge < -0.3 is 14.8 Å². The molecule has 4 nitrogen and oxygen atoms in total. The number of hydrogen-bond acceptors (Lipinski definition) is 3. The van der Waals surface area contributed by atoms with Crippen molar-refractivity contribution >= 4 is 12.4 Å². The molecule has 0 aromatic carbocycles. The predicted molar refractivity (Wildman–Crippen MR) is 72.6 cm³/mol. The Bertz CT molecular complexity index is 246. The molecule has 0 rings (SSSR count). The topological polar surface area (TPSA) is 55.4 Å². The lowest BCUT2D eigenvalue weighted by atomic mass is 10.1. The predicted octanol–water partition coefficient (Wildman–Crippen LogP) is 3.44. The van der Waals surface area contributed by atoms with Crippen LogP contribution in [0.1, 0.15) is 66.2 Å². The number of ether oxygens (including phenoxy) is 1. The lowest BCUT2D eigenvalue weighted by Gasteiger charge is -2.22. The van der Waals surface area contributed by atoms with E-state index in [-0.39, 0.29) is 6.04 Å². The van der Waals surface area contributed by atoms with Crippen LogP contribution in [-0.4, -0.2) is 24.0 Å². The Morgan fingerprint density at radius 2 is 1.94 bits per heavy atom. The van der Waals surface area contributed by atoms with E-state index < -0.39 is 11.7 Å². The number of carbonyl (C=O) groups is 2. The third kappa shape index (κ3) is 10.1. The van der Waals surface area contributed by atoms with Crippen molar-refractivity contribution in [2.24, 2.45) is 0 Å². The third-order valence-corrected chi connectivity index (χ3v) is 2.51. The Morgan fingerprint density at radius 1 is 1.28 bits per heavy atom. The minimum atomic E-state index is -0.502. The molecular weight excluding hydrogens is 230 g/mol. The Kier molecular flexibility index (Phi) is 8.42. The van der Waals surface area contributed by atoms with Crippen molar-refractivity contribution in [2.45, 2.75) is 77.9 Å². The van der Waals surface area contributed by atoms with Crippen molar-refractivity contribution in [3.05, 3.63) is 0 Å². The molecule has 0 aliphatic heterocycles. The van der Waals surface area contributed by atoms with E-state index in [2.05, 4.69) is 12.2 Å². The number of amides is 1. The van der Waals surface area contributed by atoms with E-state index in [0.29, 0.717) is 6.42 Å². The van der Waals surface area contributed by atoms with Gasteiger partial charge in [-0.3, -0.25) is 0 Å². The van der Waals surface area contributed by atoms with Gasteiger partial charge in [-0.05, 0) is 27.2 Å². The molecule has 0 fully saturated rings. The fourth-order valence-electron chi connectivity index (χ4n) is 1.66. The van der Waals surface area contributed by atoms with Gasteiger partial charge in [0.2, 0.25) is 0 Å². The van der Waals surface area contributed by atoms with Gasteiger partial charge in [0.05, 0.1) is 0 Å². The number of alkyl carbamates (subject to hydrolysis) is 1. The van der Waals surface area contributed by atoms with Crippen molar-refractivity contribution < 1.29 is 14.3 Å². The van der Waals surface area contributed by atoms with E-state index in [1.54, 1.807) is 0 Å². The largest absolute Gasteiger partial charge is 0.444 e. The molecule has 18 heavy (non-hydrogen) atoms. The second-order valence-corrected chi connectivity index (χ2v) is 5.59. The van der Waals surface area contributed by atoms with E-state index >= 15 is 0 Å². The molecule has 0 aliphatic carbocycles. The van der Waals surface area contributed by atoms with Gasteiger partial charge in [0, 0.05) is 12.5 Å². The molecule has 0 bridgehead atoms. The number of unbranched alkanes of at least 4 members (excludes halogenated alkanes) is 3. The summed E-state index contributed by atoms with van der Waals surface area (Å²) in [5.74, 6) is 0. The van der Waals surface area contributed by atoms with Gasteiger partial charge in [0.25, 0.3) is 0 Å². The number of rotatable bonds is 8. The Morgan fingerprint density at radius 3 is 2.44 bits per heavy atom. The normalized spacial score (nSPS) is 12.9. The number of carbonyl (C=O) groups excluding carboxylic acids is 2. The lowest BCUT2D eigenvalue weighted by Crippen LogP contribution is -2.39. The Balaban J connectivity index is 4.01. The average molecular weight is 257 g/mol. The van der Waals surface area contributed by atoms with E-state index in [1.165, 1.54) is 12.8 Å². The van der Waals surface area contributed by atoms with E-state index in [0.717, 1.165) is 25.5 Å². The minimum Gasteiger partial charge on any atom is -0.444 e. The summed E-state index contributed by atoms with van der Waals surface area (Å²) in [6, 6.07) is -0.103. The lowest BCUT2D eigenvalue weighted by molar-refractivity contribution is -0.108. The molecular formula is C14H27NO3. The molecule has 0 spiro atoms. The number of aldehydes is 1. The van der Waals surface area contributed by atoms with E-state index in [1.807, 2.05) is 20.8 Å². The van der Waals surface area contributed by atoms with Crippen LogP contribution in [0.2, 0.25) is 0 Å². The molecule has 0 saturated heterocycles. The fourth-order valence-corrected chi connectivity index (χ4v) is 1.66. The average Bonchev–Trinajstić information content (AvgIpc) is 2.21. The molecule has 1 atom stereocenters. The summed E-state index contributed by atoms with van der Waals surface area (Å²) < 4.78 is 5.18. The smallest absolute Gasteiger partial charge is 0.407 e. The van der Waals surface area contributed by atoms with Crippen LogP contribution >= 0.6 is 0 Å². The molecule has 0 aromatic rings. The molecule has 0 radical (unpaired) electrons. The van der Waals surface area contributed by atoms with Gasteiger partial charge in [-0.25, -0.2) is 4.79 Å². The van der Waals surface area contributed by atoms with Crippen LogP contribution in [-0.2, 0) is 9.53 Å². The van der Waals surface area contributed by atoms with Crippen LogP contribution < -0.4 is 5.32 Å². The van der Waals surface area contributed by atoms with E-state index in [4.69, 9.17) is 4.74 Å². The molecule has 106 valence electrons. The van der Waals surface area contributed by atoms with Crippen molar-refractivity contribution in [2.75, 3.05) is 0 Å². The second kappa shape index (κ2) is 8.95. The number of hydrogen-bond donors (Lipinski definition) is 1. The first-order valence-corrected chi connectivity index (χ1v) is 6.82. The summed E-state index contributed by atoms with van der Waals surface area (Å²) in [4.78, 5) is 22.2. The zero-order valence-corrected chi connectivity index (χ0v) is 12.1. The van der Waals surface area contributed by atoms with E-state index in [9.17, 15) is 9.59 Å². The fraction of sp³-hybridized carbons (Fsp3) is 0.857. The summed E-state index contributed by atoms with van der Waals surface area (Å²) in [6.45, 7) is 7.62. The van der Waals surface area contributed by atoms with Gasteiger partial charge in [0.1, 0.15) is 11.9 Å². The third-order valence-electron chi connectivity index (χ3n) is 2.51. The first kappa shape index (κ1) is 16.9.